The fourth-order valence-electron chi connectivity index (χ4n) is 4.14. The lowest BCUT2D eigenvalue weighted by Crippen LogP contribution is -2.35. The van der Waals surface area contributed by atoms with Gasteiger partial charge in [0, 0.05) is 12.6 Å². The fourth-order valence-corrected chi connectivity index (χ4v) is 4.14. The molecular weight excluding hydrogens is 420 g/mol. The molecule has 0 bridgehead atoms. The van der Waals surface area contributed by atoms with Gasteiger partial charge in [-0.25, -0.2) is 0 Å². The molecule has 7 nitrogen and oxygen atoms in total. The predicted octanol–water partition coefficient (Wildman–Crippen LogP) is 4.14. The summed E-state index contributed by atoms with van der Waals surface area (Å²) >= 11 is 0. The van der Waals surface area contributed by atoms with E-state index in [1.165, 1.54) is 0 Å². The summed E-state index contributed by atoms with van der Waals surface area (Å²) in [5.41, 5.74) is 1.69. The average molecular weight is 451 g/mol. The van der Waals surface area contributed by atoms with Crippen molar-refractivity contribution in [2.45, 2.75) is 46.6 Å². The number of aromatic nitrogens is 1. The lowest BCUT2D eigenvalue weighted by Gasteiger charge is -2.26. The minimum absolute atomic E-state index is 0.0594. The van der Waals surface area contributed by atoms with Crippen molar-refractivity contribution in [1.29, 1.82) is 0 Å². The zero-order valence-corrected chi connectivity index (χ0v) is 19.4. The SMILES string of the molecule is CCOC(=O)CCC1(C)C(=O)N(Cc2ccccc2)C(c2ccccn2)=C1CC(=O)OCC. The number of esters is 2. The van der Waals surface area contributed by atoms with E-state index in [0.29, 0.717) is 23.5 Å². The molecule has 33 heavy (non-hydrogen) atoms. The standard InChI is InChI=1S/C26H30N2O5/c1-4-32-22(29)14-15-26(3)20(17-23(30)33-5-2)24(21-13-9-10-16-27-21)28(25(26)31)18-19-11-7-6-8-12-19/h6-13,16H,4-5,14-15,17-18H2,1-3H3. The second-order valence-electron chi connectivity index (χ2n) is 8.04. The number of nitrogens with zero attached hydrogens (tertiary/aromatic N) is 2. The molecule has 1 aliphatic rings. The van der Waals surface area contributed by atoms with Crippen molar-refractivity contribution in [2.75, 3.05) is 13.2 Å². The quantitative estimate of drug-likeness (QED) is 0.506. The molecule has 1 aromatic carbocycles. The molecule has 0 saturated heterocycles. The molecule has 1 atom stereocenters. The maximum atomic E-state index is 13.9. The summed E-state index contributed by atoms with van der Waals surface area (Å²) in [5, 5.41) is 0. The van der Waals surface area contributed by atoms with Crippen LogP contribution in [0, 0.1) is 5.41 Å². The first-order chi connectivity index (χ1) is 15.9. The molecule has 1 aromatic heterocycles. The van der Waals surface area contributed by atoms with Crippen LogP contribution in [0.2, 0.25) is 0 Å². The average Bonchev–Trinajstić information content (AvgIpc) is 3.01. The number of benzene rings is 1. The van der Waals surface area contributed by atoms with Gasteiger partial charge in [0.05, 0.1) is 43.0 Å². The fraction of sp³-hybridized carbons (Fsp3) is 0.385. The Kier molecular flexibility index (Phi) is 7.98. The highest BCUT2D eigenvalue weighted by atomic mass is 16.5. The lowest BCUT2D eigenvalue weighted by atomic mass is 9.77. The van der Waals surface area contributed by atoms with E-state index in [4.69, 9.17) is 9.47 Å². The normalized spacial score (nSPS) is 17.9. The third kappa shape index (κ3) is 5.48. The van der Waals surface area contributed by atoms with E-state index in [9.17, 15) is 14.4 Å². The number of pyridine rings is 1. The first-order valence-corrected chi connectivity index (χ1v) is 11.2. The molecule has 0 N–H and O–H groups in total. The number of carbonyl (C=O) groups is 3. The van der Waals surface area contributed by atoms with Gasteiger partial charge in [-0.1, -0.05) is 36.4 Å². The number of ether oxygens (including phenoxy) is 2. The second kappa shape index (κ2) is 10.9. The van der Waals surface area contributed by atoms with Crippen LogP contribution in [0.25, 0.3) is 5.70 Å². The van der Waals surface area contributed by atoms with E-state index < -0.39 is 11.4 Å². The Balaban J connectivity index is 2.10. The molecule has 1 aliphatic heterocycles. The number of hydrogen-bond donors (Lipinski definition) is 0. The van der Waals surface area contributed by atoms with E-state index in [1.807, 2.05) is 42.5 Å². The molecule has 3 rings (SSSR count). The Hall–Kier alpha value is -3.48. The van der Waals surface area contributed by atoms with E-state index in [0.717, 1.165) is 5.56 Å². The van der Waals surface area contributed by atoms with Crippen LogP contribution < -0.4 is 0 Å². The van der Waals surface area contributed by atoms with Crippen LogP contribution >= 0.6 is 0 Å². The second-order valence-corrected chi connectivity index (χ2v) is 8.04. The number of amides is 1. The van der Waals surface area contributed by atoms with Crippen LogP contribution in [0.15, 0.2) is 60.3 Å². The van der Waals surface area contributed by atoms with Crippen LogP contribution in [0.3, 0.4) is 0 Å². The Morgan fingerprint density at radius 1 is 0.970 bits per heavy atom. The Bertz CT molecular complexity index is 1020. The highest BCUT2D eigenvalue weighted by Gasteiger charge is 2.50. The molecule has 0 radical (unpaired) electrons. The molecule has 0 fully saturated rings. The van der Waals surface area contributed by atoms with Crippen molar-refractivity contribution in [1.82, 2.24) is 9.88 Å². The monoisotopic (exact) mass is 450 g/mol. The van der Waals surface area contributed by atoms with Crippen LogP contribution in [-0.2, 0) is 30.4 Å². The number of carbonyl (C=O) groups excluding carboxylic acids is 3. The molecular formula is C26H30N2O5. The summed E-state index contributed by atoms with van der Waals surface area (Å²) in [6.45, 7) is 6.12. The van der Waals surface area contributed by atoms with Crippen LogP contribution in [0.4, 0.5) is 0 Å². The minimum Gasteiger partial charge on any atom is -0.466 e. The summed E-state index contributed by atoms with van der Waals surface area (Å²) in [5.74, 6) is -0.962. The van der Waals surface area contributed by atoms with Gasteiger partial charge in [-0.05, 0) is 50.5 Å². The van der Waals surface area contributed by atoms with Gasteiger partial charge in [0.2, 0.25) is 5.91 Å². The number of hydrogen-bond acceptors (Lipinski definition) is 6. The van der Waals surface area contributed by atoms with Crippen LogP contribution in [-0.4, -0.2) is 40.9 Å². The molecule has 1 unspecified atom stereocenters. The molecule has 7 heteroatoms. The highest BCUT2D eigenvalue weighted by Crippen LogP contribution is 2.49. The maximum absolute atomic E-state index is 13.9. The van der Waals surface area contributed by atoms with Gasteiger partial charge in [-0.2, -0.15) is 0 Å². The summed E-state index contributed by atoms with van der Waals surface area (Å²) in [6.07, 6.45) is 1.89. The van der Waals surface area contributed by atoms with Gasteiger partial charge in [0.25, 0.3) is 0 Å². The molecule has 1 amide bonds. The van der Waals surface area contributed by atoms with Crippen LogP contribution in [0.5, 0.6) is 0 Å². The van der Waals surface area contributed by atoms with Crippen molar-refractivity contribution < 1.29 is 23.9 Å². The van der Waals surface area contributed by atoms with E-state index in [-0.39, 0.29) is 44.4 Å². The molecule has 0 aliphatic carbocycles. The zero-order valence-electron chi connectivity index (χ0n) is 19.4. The largest absolute Gasteiger partial charge is 0.466 e. The first kappa shape index (κ1) is 24.2. The highest BCUT2D eigenvalue weighted by molar-refractivity contribution is 6.02. The minimum atomic E-state index is -1.07. The van der Waals surface area contributed by atoms with E-state index in [1.54, 1.807) is 37.9 Å². The van der Waals surface area contributed by atoms with Gasteiger partial charge in [-0.3, -0.25) is 19.4 Å². The Labute approximate surface area is 194 Å². The summed E-state index contributed by atoms with van der Waals surface area (Å²) in [6, 6.07) is 15.1. The van der Waals surface area contributed by atoms with Gasteiger partial charge in [0.1, 0.15) is 0 Å². The van der Waals surface area contributed by atoms with Crippen molar-refractivity contribution in [3.63, 3.8) is 0 Å². The first-order valence-electron chi connectivity index (χ1n) is 11.2. The maximum Gasteiger partial charge on any atom is 0.310 e. The van der Waals surface area contributed by atoms with Crippen molar-refractivity contribution in [3.05, 3.63) is 71.6 Å². The van der Waals surface area contributed by atoms with Crippen molar-refractivity contribution in [3.8, 4) is 0 Å². The van der Waals surface area contributed by atoms with Crippen molar-refractivity contribution in [2.24, 2.45) is 5.41 Å². The lowest BCUT2D eigenvalue weighted by molar-refractivity contribution is -0.144. The Morgan fingerprint density at radius 2 is 1.64 bits per heavy atom. The zero-order chi connectivity index (χ0) is 23.8. The van der Waals surface area contributed by atoms with Gasteiger partial charge in [0.15, 0.2) is 0 Å². The van der Waals surface area contributed by atoms with Crippen LogP contribution in [0.1, 0.15) is 51.3 Å². The third-order valence-corrected chi connectivity index (χ3v) is 5.79. The molecule has 2 heterocycles. The summed E-state index contributed by atoms with van der Waals surface area (Å²) < 4.78 is 10.3. The van der Waals surface area contributed by atoms with Gasteiger partial charge >= 0.3 is 11.9 Å². The smallest absolute Gasteiger partial charge is 0.310 e. The molecule has 174 valence electrons. The van der Waals surface area contributed by atoms with E-state index in [2.05, 4.69) is 4.98 Å². The number of rotatable bonds is 10. The predicted molar refractivity (Wildman–Crippen MR) is 123 cm³/mol. The molecule has 0 spiro atoms. The van der Waals surface area contributed by atoms with Crippen molar-refractivity contribution >= 4 is 23.5 Å². The van der Waals surface area contributed by atoms with Gasteiger partial charge < -0.3 is 14.4 Å². The van der Waals surface area contributed by atoms with Gasteiger partial charge in [-0.15, -0.1) is 0 Å². The topological polar surface area (TPSA) is 85.8 Å². The summed E-state index contributed by atoms with van der Waals surface area (Å²) in [4.78, 5) is 44.8. The van der Waals surface area contributed by atoms with E-state index >= 15 is 0 Å². The molecule has 2 aromatic rings. The third-order valence-electron chi connectivity index (χ3n) is 5.79. The Morgan fingerprint density at radius 3 is 2.27 bits per heavy atom. The summed E-state index contributed by atoms with van der Waals surface area (Å²) in [7, 11) is 0. The molecule has 0 saturated carbocycles.